The van der Waals surface area contributed by atoms with E-state index >= 15 is 0 Å². The largest absolute Gasteiger partial charge is 0.312 e. The van der Waals surface area contributed by atoms with E-state index in [0.717, 1.165) is 0 Å². The number of nitrogens with zero attached hydrogens (tertiary/aromatic N) is 4. The first kappa shape index (κ1) is 15.1. The molecule has 0 N–H and O–H groups in total. The quantitative estimate of drug-likeness (QED) is 0.619. The Morgan fingerprint density at radius 1 is 1.24 bits per heavy atom. The average molecular weight is 355 g/mol. The zero-order valence-corrected chi connectivity index (χ0v) is 12.8. The van der Waals surface area contributed by atoms with Crippen LogP contribution in [0.5, 0.6) is 0 Å². The highest BCUT2D eigenvalue weighted by molar-refractivity contribution is 9.10. The molecule has 110 valence electrons. The Morgan fingerprint density at radius 2 is 1.90 bits per heavy atom. The van der Waals surface area contributed by atoms with E-state index < -0.39 is 9.85 Å². The molecule has 0 bridgehead atoms. The number of nitro benzene ring substituents is 1. The van der Waals surface area contributed by atoms with E-state index in [1.807, 2.05) is 0 Å². The molecule has 2 aromatic rings. The van der Waals surface area contributed by atoms with E-state index in [0.29, 0.717) is 21.4 Å². The smallest absolute Gasteiger partial charge is 0.258 e. The molecule has 1 aromatic carbocycles. The van der Waals surface area contributed by atoms with Crippen molar-refractivity contribution >= 4 is 27.3 Å². The fourth-order valence-corrected chi connectivity index (χ4v) is 2.63. The van der Waals surface area contributed by atoms with Gasteiger partial charge in [0.25, 0.3) is 5.69 Å². The predicted molar refractivity (Wildman–Crippen MR) is 78.3 cm³/mol. The van der Waals surface area contributed by atoms with Crippen molar-refractivity contribution in [3.63, 3.8) is 0 Å². The average Bonchev–Trinajstić information content (AvgIpc) is 2.66. The van der Waals surface area contributed by atoms with E-state index in [4.69, 9.17) is 0 Å². The van der Waals surface area contributed by atoms with Gasteiger partial charge in [-0.2, -0.15) is 5.10 Å². The van der Waals surface area contributed by atoms with Crippen LogP contribution in [0.4, 0.5) is 11.4 Å². The van der Waals surface area contributed by atoms with Gasteiger partial charge < -0.3 is 0 Å². The fraction of sp³-hybridized carbons (Fsp3) is 0.250. The van der Waals surface area contributed by atoms with Crippen LogP contribution >= 0.6 is 15.9 Å². The van der Waals surface area contributed by atoms with Gasteiger partial charge in [0.15, 0.2) is 0 Å². The van der Waals surface area contributed by atoms with Crippen LogP contribution in [0, 0.1) is 34.1 Å². The zero-order valence-electron chi connectivity index (χ0n) is 11.2. The standard InChI is InChI=1S/C12H11BrN4O4/c1-7-12(17(20)21)8(2)15(14-7)6-9-4-3-5-10(11(9)13)16(18)19/h3-5H,6H2,1-2H3. The summed E-state index contributed by atoms with van der Waals surface area (Å²) in [6.07, 6.45) is 0. The van der Waals surface area contributed by atoms with E-state index in [-0.39, 0.29) is 17.9 Å². The van der Waals surface area contributed by atoms with Gasteiger partial charge in [-0.1, -0.05) is 12.1 Å². The normalized spacial score (nSPS) is 10.6. The van der Waals surface area contributed by atoms with Crippen LogP contribution in [0.3, 0.4) is 0 Å². The number of rotatable bonds is 4. The third kappa shape index (κ3) is 2.77. The first-order chi connectivity index (χ1) is 9.82. The minimum Gasteiger partial charge on any atom is -0.258 e. The Labute approximate surface area is 127 Å². The summed E-state index contributed by atoms with van der Waals surface area (Å²) >= 11 is 3.20. The van der Waals surface area contributed by atoms with Gasteiger partial charge in [-0.3, -0.25) is 24.9 Å². The minimum atomic E-state index is -0.489. The van der Waals surface area contributed by atoms with E-state index in [2.05, 4.69) is 21.0 Å². The van der Waals surface area contributed by atoms with Gasteiger partial charge in [-0.05, 0) is 35.3 Å². The lowest BCUT2D eigenvalue weighted by Crippen LogP contribution is -2.06. The first-order valence-corrected chi connectivity index (χ1v) is 6.72. The summed E-state index contributed by atoms with van der Waals surface area (Å²) in [5.74, 6) is 0. The van der Waals surface area contributed by atoms with Crippen LogP contribution in [0.2, 0.25) is 0 Å². The Hall–Kier alpha value is -2.29. The monoisotopic (exact) mass is 354 g/mol. The third-order valence-corrected chi connectivity index (χ3v) is 4.02. The van der Waals surface area contributed by atoms with Crippen molar-refractivity contribution in [2.75, 3.05) is 0 Å². The SMILES string of the molecule is Cc1nn(Cc2cccc([N+](=O)[O-])c2Br)c(C)c1[N+](=O)[O-]. The van der Waals surface area contributed by atoms with Gasteiger partial charge in [0.1, 0.15) is 15.9 Å². The highest BCUT2D eigenvalue weighted by Crippen LogP contribution is 2.30. The maximum absolute atomic E-state index is 11.0. The summed E-state index contributed by atoms with van der Waals surface area (Å²) in [4.78, 5) is 20.9. The van der Waals surface area contributed by atoms with Crippen LogP contribution < -0.4 is 0 Å². The highest BCUT2D eigenvalue weighted by atomic mass is 79.9. The second kappa shape index (κ2) is 5.60. The number of halogens is 1. The summed E-state index contributed by atoms with van der Waals surface area (Å²) in [5.41, 5.74) is 1.28. The second-order valence-corrected chi connectivity index (χ2v) is 5.23. The summed E-state index contributed by atoms with van der Waals surface area (Å²) < 4.78 is 1.82. The summed E-state index contributed by atoms with van der Waals surface area (Å²) in [7, 11) is 0. The van der Waals surface area contributed by atoms with Gasteiger partial charge >= 0.3 is 5.69 Å². The van der Waals surface area contributed by atoms with Crippen LogP contribution in [0.15, 0.2) is 22.7 Å². The molecule has 0 atom stereocenters. The molecule has 1 heterocycles. The molecular weight excluding hydrogens is 344 g/mol. The number of nitro groups is 2. The lowest BCUT2D eigenvalue weighted by Gasteiger charge is -2.06. The Kier molecular flexibility index (Phi) is 4.03. The van der Waals surface area contributed by atoms with Crippen molar-refractivity contribution in [1.82, 2.24) is 9.78 Å². The molecule has 0 aliphatic heterocycles. The van der Waals surface area contributed by atoms with Crippen molar-refractivity contribution in [3.05, 3.63) is 59.9 Å². The maximum atomic E-state index is 11.0. The third-order valence-electron chi connectivity index (χ3n) is 3.10. The van der Waals surface area contributed by atoms with E-state index in [1.165, 1.54) is 10.7 Å². The van der Waals surface area contributed by atoms with Gasteiger partial charge in [0.05, 0.1) is 16.4 Å². The topological polar surface area (TPSA) is 104 Å². The van der Waals surface area contributed by atoms with Gasteiger partial charge in [0.2, 0.25) is 0 Å². The number of benzene rings is 1. The Bertz CT molecular complexity index is 741. The molecule has 9 heteroatoms. The van der Waals surface area contributed by atoms with Gasteiger partial charge in [-0.15, -0.1) is 0 Å². The Balaban J connectivity index is 2.44. The summed E-state index contributed by atoms with van der Waals surface area (Å²) in [6, 6.07) is 4.66. The lowest BCUT2D eigenvalue weighted by atomic mass is 10.2. The van der Waals surface area contributed by atoms with Crippen LogP contribution in [0.1, 0.15) is 17.0 Å². The number of hydrogen-bond donors (Lipinski definition) is 0. The van der Waals surface area contributed by atoms with Crippen molar-refractivity contribution < 1.29 is 9.85 Å². The predicted octanol–water partition coefficient (Wildman–Crippen LogP) is 3.13. The molecule has 8 nitrogen and oxygen atoms in total. The van der Waals surface area contributed by atoms with Crippen LogP contribution in [0.25, 0.3) is 0 Å². The number of aromatic nitrogens is 2. The molecular formula is C12H11BrN4O4. The summed E-state index contributed by atoms with van der Waals surface area (Å²) in [6.45, 7) is 3.37. The molecule has 0 spiro atoms. The minimum absolute atomic E-state index is 0.0310. The molecule has 0 saturated carbocycles. The molecule has 1 aromatic heterocycles. The molecule has 0 fully saturated rings. The number of aryl methyl sites for hydroxylation is 1. The molecule has 0 amide bonds. The maximum Gasteiger partial charge on any atom is 0.312 e. The van der Waals surface area contributed by atoms with Gasteiger partial charge in [-0.25, -0.2) is 0 Å². The molecule has 21 heavy (non-hydrogen) atoms. The Morgan fingerprint density at radius 3 is 2.43 bits per heavy atom. The van der Waals surface area contributed by atoms with Crippen LogP contribution in [-0.2, 0) is 6.54 Å². The van der Waals surface area contributed by atoms with Crippen molar-refractivity contribution in [3.8, 4) is 0 Å². The molecule has 0 aliphatic rings. The highest BCUT2D eigenvalue weighted by Gasteiger charge is 2.23. The molecule has 2 rings (SSSR count). The first-order valence-electron chi connectivity index (χ1n) is 5.93. The van der Waals surface area contributed by atoms with Crippen LogP contribution in [-0.4, -0.2) is 19.6 Å². The molecule has 0 saturated heterocycles. The van der Waals surface area contributed by atoms with Crippen molar-refractivity contribution in [1.29, 1.82) is 0 Å². The second-order valence-electron chi connectivity index (χ2n) is 4.44. The number of hydrogen-bond acceptors (Lipinski definition) is 5. The summed E-state index contributed by atoms with van der Waals surface area (Å²) in [5, 5.41) is 26.0. The van der Waals surface area contributed by atoms with Gasteiger partial charge in [0, 0.05) is 6.07 Å². The molecule has 0 aliphatic carbocycles. The van der Waals surface area contributed by atoms with Crippen molar-refractivity contribution in [2.45, 2.75) is 20.4 Å². The molecule has 0 radical (unpaired) electrons. The van der Waals surface area contributed by atoms with E-state index in [1.54, 1.807) is 26.0 Å². The molecule has 0 unspecified atom stereocenters. The fourth-order valence-electron chi connectivity index (χ4n) is 2.10. The lowest BCUT2D eigenvalue weighted by molar-refractivity contribution is -0.386. The van der Waals surface area contributed by atoms with E-state index in [9.17, 15) is 20.2 Å². The van der Waals surface area contributed by atoms with Crippen molar-refractivity contribution in [2.24, 2.45) is 0 Å². The zero-order chi connectivity index (χ0) is 15.7.